The Morgan fingerprint density at radius 2 is 1.48 bits per heavy atom. The average molecular weight is 403 g/mol. The Kier molecular flexibility index (Phi) is 7.58. The molecule has 0 aromatic heterocycles. The second-order valence-electron chi connectivity index (χ2n) is 6.48. The van der Waals surface area contributed by atoms with E-state index < -0.39 is 17.4 Å². The van der Waals surface area contributed by atoms with Gasteiger partial charge in [0.25, 0.3) is 0 Å². The summed E-state index contributed by atoms with van der Waals surface area (Å²) >= 11 is 0. The Morgan fingerprint density at radius 1 is 0.897 bits per heavy atom. The smallest absolute Gasteiger partial charge is 0.227 e. The Labute approximate surface area is 168 Å². The molecule has 156 valence electrons. The minimum absolute atomic E-state index is 0.00684. The molecule has 0 aliphatic heterocycles. The Bertz CT molecular complexity index is 872. The van der Waals surface area contributed by atoms with Crippen LogP contribution in [0.2, 0.25) is 0 Å². The number of phenols is 3. The fraction of sp³-hybridized carbons (Fsp3) is 0.333. The van der Waals surface area contributed by atoms with Gasteiger partial charge in [-0.05, 0) is 41.8 Å². The van der Waals surface area contributed by atoms with Crippen molar-refractivity contribution in [2.24, 2.45) is 0 Å². The first kappa shape index (κ1) is 22.2. The van der Waals surface area contributed by atoms with E-state index in [4.69, 9.17) is 10.2 Å². The number of carbonyl (C=O) groups excluding carboxylic acids is 2. The van der Waals surface area contributed by atoms with Crippen molar-refractivity contribution in [1.29, 1.82) is 0 Å². The van der Waals surface area contributed by atoms with Gasteiger partial charge in [0, 0.05) is 24.7 Å². The van der Waals surface area contributed by atoms with Crippen molar-refractivity contribution in [3.05, 3.63) is 52.6 Å². The van der Waals surface area contributed by atoms with Gasteiger partial charge in [0.1, 0.15) is 17.2 Å². The fourth-order valence-electron chi connectivity index (χ4n) is 3.21. The van der Waals surface area contributed by atoms with Gasteiger partial charge in [-0.25, -0.2) is 0 Å². The normalized spacial score (nSPS) is 10.7. The SMILES string of the molecule is CCc1c(O)cc(O)c(C(=O)c2ccc(O)cc2)c1CC(=O)N(CCO)CCO. The number of aliphatic hydroxyl groups is 2. The summed E-state index contributed by atoms with van der Waals surface area (Å²) in [7, 11) is 0. The number of carbonyl (C=O) groups is 2. The molecular weight excluding hydrogens is 378 g/mol. The third-order valence-electron chi connectivity index (χ3n) is 4.64. The van der Waals surface area contributed by atoms with Crippen molar-refractivity contribution in [3.8, 4) is 17.2 Å². The van der Waals surface area contributed by atoms with Gasteiger partial charge in [0.15, 0.2) is 5.78 Å². The third kappa shape index (κ3) is 5.04. The van der Waals surface area contributed by atoms with Crippen LogP contribution in [0.15, 0.2) is 30.3 Å². The van der Waals surface area contributed by atoms with E-state index in [9.17, 15) is 24.9 Å². The molecule has 1 amide bonds. The molecule has 2 aromatic rings. The molecule has 8 nitrogen and oxygen atoms in total. The zero-order valence-corrected chi connectivity index (χ0v) is 16.1. The van der Waals surface area contributed by atoms with Crippen molar-refractivity contribution in [2.75, 3.05) is 26.3 Å². The molecule has 0 saturated carbocycles. The molecule has 0 aliphatic carbocycles. The van der Waals surface area contributed by atoms with Gasteiger partial charge in [-0.2, -0.15) is 0 Å². The van der Waals surface area contributed by atoms with Crippen molar-refractivity contribution >= 4 is 11.7 Å². The van der Waals surface area contributed by atoms with E-state index in [-0.39, 0.29) is 60.9 Å². The highest BCUT2D eigenvalue weighted by Gasteiger charge is 2.26. The van der Waals surface area contributed by atoms with E-state index in [1.165, 1.54) is 29.2 Å². The Hall–Kier alpha value is -3.10. The lowest BCUT2D eigenvalue weighted by Crippen LogP contribution is -2.37. The lowest BCUT2D eigenvalue weighted by Gasteiger charge is -2.23. The van der Waals surface area contributed by atoms with Crippen LogP contribution in [0.1, 0.15) is 34.0 Å². The molecule has 0 unspecified atom stereocenters. The summed E-state index contributed by atoms with van der Waals surface area (Å²) in [6, 6.07) is 6.52. The van der Waals surface area contributed by atoms with Crippen molar-refractivity contribution in [1.82, 2.24) is 4.90 Å². The van der Waals surface area contributed by atoms with Gasteiger partial charge < -0.3 is 30.4 Å². The number of nitrogens with zero attached hydrogens (tertiary/aromatic N) is 1. The summed E-state index contributed by atoms with van der Waals surface area (Å²) in [4.78, 5) is 27.0. The molecule has 2 aromatic carbocycles. The van der Waals surface area contributed by atoms with Crippen LogP contribution >= 0.6 is 0 Å². The van der Waals surface area contributed by atoms with Gasteiger partial charge in [-0.1, -0.05) is 6.92 Å². The number of hydrogen-bond donors (Lipinski definition) is 5. The van der Waals surface area contributed by atoms with Gasteiger partial charge in [-0.3, -0.25) is 9.59 Å². The van der Waals surface area contributed by atoms with E-state index in [0.29, 0.717) is 12.0 Å². The maximum Gasteiger partial charge on any atom is 0.227 e. The first-order valence-electron chi connectivity index (χ1n) is 9.23. The average Bonchev–Trinajstić information content (AvgIpc) is 2.68. The van der Waals surface area contributed by atoms with Crippen LogP contribution in [0.3, 0.4) is 0 Å². The number of ketones is 1. The van der Waals surface area contributed by atoms with Crippen molar-refractivity contribution in [2.45, 2.75) is 19.8 Å². The second-order valence-corrected chi connectivity index (χ2v) is 6.48. The molecule has 0 atom stereocenters. The molecule has 8 heteroatoms. The summed E-state index contributed by atoms with van der Waals surface area (Å²) in [5.41, 5.74) is 0.633. The highest BCUT2D eigenvalue weighted by molar-refractivity contribution is 6.12. The molecule has 0 fully saturated rings. The van der Waals surface area contributed by atoms with Crippen LogP contribution in [0, 0.1) is 0 Å². The standard InChI is InChI=1S/C21H25NO7/c1-2-15-16(11-19(28)22(7-9-23)8-10-24)20(18(27)12-17(15)26)21(29)13-3-5-14(25)6-4-13/h3-6,12,23-27H,2,7-11H2,1H3. The predicted molar refractivity (Wildman–Crippen MR) is 105 cm³/mol. The zero-order valence-electron chi connectivity index (χ0n) is 16.1. The molecule has 29 heavy (non-hydrogen) atoms. The summed E-state index contributed by atoms with van der Waals surface area (Å²) in [6.45, 7) is 1.17. The molecule has 5 N–H and O–H groups in total. The lowest BCUT2D eigenvalue weighted by atomic mass is 9.89. The van der Waals surface area contributed by atoms with Gasteiger partial charge in [0.2, 0.25) is 5.91 Å². The third-order valence-corrected chi connectivity index (χ3v) is 4.64. The lowest BCUT2D eigenvalue weighted by molar-refractivity contribution is -0.131. The van der Waals surface area contributed by atoms with E-state index in [1.54, 1.807) is 6.92 Å². The van der Waals surface area contributed by atoms with Crippen LogP contribution in [-0.4, -0.2) is 68.4 Å². The summed E-state index contributed by atoms with van der Waals surface area (Å²) < 4.78 is 0. The molecule has 0 heterocycles. The van der Waals surface area contributed by atoms with Crippen LogP contribution < -0.4 is 0 Å². The van der Waals surface area contributed by atoms with Crippen LogP contribution in [0.5, 0.6) is 17.2 Å². The number of aliphatic hydroxyl groups excluding tert-OH is 2. The van der Waals surface area contributed by atoms with Crippen molar-refractivity contribution < 1.29 is 35.1 Å². The predicted octanol–water partition coefficient (Wildman–Crippen LogP) is 0.952. The fourth-order valence-corrected chi connectivity index (χ4v) is 3.21. The highest BCUT2D eigenvalue weighted by atomic mass is 16.3. The maximum atomic E-state index is 13.1. The minimum atomic E-state index is -0.559. The molecule has 0 bridgehead atoms. The largest absolute Gasteiger partial charge is 0.508 e. The summed E-state index contributed by atoms with van der Waals surface area (Å²) in [5, 5.41) is 48.4. The van der Waals surface area contributed by atoms with E-state index >= 15 is 0 Å². The van der Waals surface area contributed by atoms with E-state index in [2.05, 4.69) is 0 Å². The number of phenolic OH excluding ortho intramolecular Hbond substituents is 3. The number of aromatic hydroxyl groups is 3. The molecule has 0 aliphatic rings. The monoisotopic (exact) mass is 403 g/mol. The van der Waals surface area contributed by atoms with Crippen LogP contribution in [0.4, 0.5) is 0 Å². The van der Waals surface area contributed by atoms with Crippen LogP contribution in [-0.2, 0) is 17.6 Å². The van der Waals surface area contributed by atoms with Crippen molar-refractivity contribution in [3.63, 3.8) is 0 Å². The second kappa shape index (κ2) is 9.90. The Morgan fingerprint density at radius 3 is 2.00 bits per heavy atom. The highest BCUT2D eigenvalue weighted by Crippen LogP contribution is 2.35. The Balaban J connectivity index is 2.55. The molecule has 0 spiro atoms. The summed E-state index contributed by atoms with van der Waals surface area (Å²) in [6.07, 6.45) is 0.00880. The van der Waals surface area contributed by atoms with Gasteiger partial charge >= 0.3 is 0 Å². The molecular formula is C21H25NO7. The number of rotatable bonds is 9. The van der Waals surface area contributed by atoms with Crippen LogP contribution in [0.25, 0.3) is 0 Å². The number of amides is 1. The van der Waals surface area contributed by atoms with E-state index in [0.717, 1.165) is 6.07 Å². The zero-order chi connectivity index (χ0) is 21.6. The molecule has 0 radical (unpaired) electrons. The van der Waals surface area contributed by atoms with Gasteiger partial charge in [-0.15, -0.1) is 0 Å². The molecule has 2 rings (SSSR count). The number of hydrogen-bond acceptors (Lipinski definition) is 7. The summed E-state index contributed by atoms with van der Waals surface area (Å²) in [5.74, 6) is -1.74. The first-order valence-corrected chi connectivity index (χ1v) is 9.23. The number of benzene rings is 2. The van der Waals surface area contributed by atoms with Gasteiger partial charge in [0.05, 0.1) is 25.2 Å². The topological polar surface area (TPSA) is 139 Å². The minimum Gasteiger partial charge on any atom is -0.508 e. The quantitative estimate of drug-likeness (QED) is 0.393. The van der Waals surface area contributed by atoms with E-state index in [1.807, 2.05) is 0 Å². The maximum absolute atomic E-state index is 13.1. The first-order chi connectivity index (χ1) is 13.8. The molecule has 0 saturated heterocycles.